The number of H-pyrrole nitrogens is 1. The fourth-order valence-electron chi connectivity index (χ4n) is 3.11. The van der Waals surface area contributed by atoms with E-state index in [-0.39, 0.29) is 5.92 Å². The predicted molar refractivity (Wildman–Crippen MR) is 84.3 cm³/mol. The molecule has 6 nitrogen and oxygen atoms in total. The molecule has 114 valence electrons. The maximum Gasteiger partial charge on any atom is 0.203 e. The molecule has 0 bridgehead atoms. The first-order valence-electron chi connectivity index (χ1n) is 7.67. The Kier molecular flexibility index (Phi) is 3.39. The number of hydrogen-bond donors (Lipinski definition) is 1. The van der Waals surface area contributed by atoms with E-state index in [0.717, 1.165) is 30.3 Å². The summed E-state index contributed by atoms with van der Waals surface area (Å²) >= 11 is 0. The van der Waals surface area contributed by atoms with Crippen molar-refractivity contribution in [2.45, 2.75) is 31.6 Å². The number of hydrogen-bond acceptors (Lipinski definition) is 5. The minimum absolute atomic E-state index is 0.0557. The zero-order valence-electron chi connectivity index (χ0n) is 12.5. The number of aromatic nitrogens is 4. The predicted octanol–water partition coefficient (Wildman–Crippen LogP) is 3.72. The molecule has 1 aliphatic rings. The largest absolute Gasteiger partial charge is 0.438 e. The first kappa shape index (κ1) is 13.7. The monoisotopic (exact) mass is 305 g/mol. The maximum absolute atomic E-state index is 9.12. The van der Waals surface area contributed by atoms with Gasteiger partial charge in [0.25, 0.3) is 0 Å². The van der Waals surface area contributed by atoms with Crippen molar-refractivity contribution < 1.29 is 4.42 Å². The standard InChI is InChI=1S/C17H15N5O/c18-7-5-12(11-3-1-2-4-11)17-20-9-14(23-17)15-13-6-8-19-16(13)22-10-21-15/h3,6,8-10,12H,1-2,4-5H2,(H,19,21,22). The second-order valence-electron chi connectivity index (χ2n) is 5.61. The van der Waals surface area contributed by atoms with Crippen molar-refractivity contribution in [2.24, 2.45) is 0 Å². The molecule has 0 radical (unpaired) electrons. The summed E-state index contributed by atoms with van der Waals surface area (Å²) < 4.78 is 5.97. The lowest BCUT2D eigenvalue weighted by Gasteiger charge is -2.10. The van der Waals surface area contributed by atoms with Gasteiger partial charge in [-0.05, 0) is 25.3 Å². The van der Waals surface area contributed by atoms with Gasteiger partial charge in [0, 0.05) is 11.6 Å². The molecule has 3 heterocycles. The third-order valence-electron chi connectivity index (χ3n) is 4.23. The average molecular weight is 305 g/mol. The van der Waals surface area contributed by atoms with E-state index in [1.807, 2.05) is 12.3 Å². The lowest BCUT2D eigenvalue weighted by Crippen LogP contribution is -2.00. The summed E-state index contributed by atoms with van der Waals surface area (Å²) in [6.45, 7) is 0. The Morgan fingerprint density at radius 2 is 2.30 bits per heavy atom. The van der Waals surface area contributed by atoms with E-state index >= 15 is 0 Å². The lowest BCUT2D eigenvalue weighted by atomic mass is 9.95. The summed E-state index contributed by atoms with van der Waals surface area (Å²) in [4.78, 5) is 16.0. The first-order valence-corrected chi connectivity index (χ1v) is 7.67. The Balaban J connectivity index is 1.73. The van der Waals surface area contributed by atoms with E-state index < -0.39 is 0 Å². The lowest BCUT2D eigenvalue weighted by molar-refractivity contribution is 0.475. The molecular weight excluding hydrogens is 290 g/mol. The Bertz CT molecular complexity index is 914. The van der Waals surface area contributed by atoms with Crippen LogP contribution in [-0.4, -0.2) is 19.9 Å². The van der Waals surface area contributed by atoms with Gasteiger partial charge in [0.15, 0.2) is 5.76 Å². The molecule has 0 aromatic carbocycles. The number of nitrogens with one attached hydrogen (secondary N) is 1. The number of nitrogens with zero attached hydrogens (tertiary/aromatic N) is 4. The maximum atomic E-state index is 9.12. The van der Waals surface area contributed by atoms with Crippen LogP contribution in [0.2, 0.25) is 0 Å². The third kappa shape index (κ3) is 2.40. The van der Waals surface area contributed by atoms with Crippen molar-refractivity contribution in [3.8, 4) is 17.5 Å². The van der Waals surface area contributed by atoms with Crippen LogP contribution in [0.4, 0.5) is 0 Å². The van der Waals surface area contributed by atoms with Crippen molar-refractivity contribution in [1.29, 1.82) is 5.26 Å². The number of nitriles is 1. The van der Waals surface area contributed by atoms with E-state index in [0.29, 0.717) is 23.8 Å². The van der Waals surface area contributed by atoms with Gasteiger partial charge < -0.3 is 9.40 Å². The molecule has 6 heteroatoms. The highest BCUT2D eigenvalue weighted by atomic mass is 16.4. The van der Waals surface area contributed by atoms with Gasteiger partial charge in [0.2, 0.25) is 5.89 Å². The molecular formula is C17H15N5O. The van der Waals surface area contributed by atoms with Crippen LogP contribution in [-0.2, 0) is 0 Å². The fourth-order valence-corrected chi connectivity index (χ4v) is 3.11. The van der Waals surface area contributed by atoms with Crippen LogP contribution in [0.3, 0.4) is 0 Å². The van der Waals surface area contributed by atoms with Crippen molar-refractivity contribution in [2.75, 3.05) is 0 Å². The summed E-state index contributed by atoms with van der Waals surface area (Å²) in [5, 5.41) is 10.0. The van der Waals surface area contributed by atoms with E-state index in [4.69, 9.17) is 9.68 Å². The normalized spacial score (nSPS) is 15.5. The van der Waals surface area contributed by atoms with E-state index in [1.54, 1.807) is 6.20 Å². The Hall–Kier alpha value is -2.94. The van der Waals surface area contributed by atoms with Crippen LogP contribution < -0.4 is 0 Å². The van der Waals surface area contributed by atoms with Gasteiger partial charge in [0.1, 0.15) is 17.7 Å². The highest BCUT2D eigenvalue weighted by Gasteiger charge is 2.24. The molecule has 1 atom stereocenters. The minimum Gasteiger partial charge on any atom is -0.438 e. The van der Waals surface area contributed by atoms with Crippen molar-refractivity contribution in [3.63, 3.8) is 0 Å². The first-order chi connectivity index (χ1) is 11.4. The molecule has 3 aromatic heterocycles. The van der Waals surface area contributed by atoms with Crippen LogP contribution >= 0.6 is 0 Å². The van der Waals surface area contributed by atoms with Gasteiger partial charge in [-0.1, -0.05) is 11.6 Å². The van der Waals surface area contributed by atoms with Gasteiger partial charge in [-0.3, -0.25) is 0 Å². The molecule has 0 saturated heterocycles. The molecule has 1 unspecified atom stereocenters. The quantitative estimate of drug-likeness (QED) is 0.742. The van der Waals surface area contributed by atoms with Gasteiger partial charge in [-0.25, -0.2) is 15.0 Å². The second-order valence-corrected chi connectivity index (χ2v) is 5.61. The summed E-state index contributed by atoms with van der Waals surface area (Å²) in [7, 11) is 0. The minimum atomic E-state index is -0.0557. The average Bonchev–Trinajstić information content (AvgIpc) is 3.32. The topological polar surface area (TPSA) is 91.4 Å². The molecule has 0 aliphatic heterocycles. The van der Waals surface area contributed by atoms with Crippen LogP contribution in [0, 0.1) is 11.3 Å². The van der Waals surface area contributed by atoms with Crippen molar-refractivity contribution in [1.82, 2.24) is 19.9 Å². The number of allylic oxidation sites excluding steroid dienone is 2. The van der Waals surface area contributed by atoms with E-state index in [9.17, 15) is 0 Å². The number of aromatic amines is 1. The van der Waals surface area contributed by atoms with Gasteiger partial charge in [-0.2, -0.15) is 5.26 Å². The Morgan fingerprint density at radius 3 is 3.13 bits per heavy atom. The molecule has 3 aromatic rings. The number of oxazole rings is 1. The van der Waals surface area contributed by atoms with Crippen molar-refractivity contribution >= 4 is 11.0 Å². The van der Waals surface area contributed by atoms with Crippen LogP contribution in [0.5, 0.6) is 0 Å². The zero-order chi connectivity index (χ0) is 15.6. The summed E-state index contributed by atoms with van der Waals surface area (Å²) in [5.74, 6) is 1.14. The van der Waals surface area contributed by atoms with Crippen LogP contribution in [0.25, 0.3) is 22.5 Å². The molecule has 23 heavy (non-hydrogen) atoms. The van der Waals surface area contributed by atoms with Gasteiger partial charge in [-0.15, -0.1) is 0 Å². The molecule has 1 aliphatic carbocycles. The molecule has 0 saturated carbocycles. The smallest absolute Gasteiger partial charge is 0.203 e. The van der Waals surface area contributed by atoms with Crippen LogP contribution in [0.15, 0.2) is 40.9 Å². The molecule has 0 spiro atoms. The zero-order valence-corrected chi connectivity index (χ0v) is 12.5. The van der Waals surface area contributed by atoms with Crippen LogP contribution in [0.1, 0.15) is 37.5 Å². The highest BCUT2D eigenvalue weighted by molar-refractivity contribution is 5.88. The summed E-state index contributed by atoms with van der Waals surface area (Å²) in [5.41, 5.74) is 2.74. The van der Waals surface area contributed by atoms with Crippen molar-refractivity contribution in [3.05, 3.63) is 42.3 Å². The van der Waals surface area contributed by atoms with E-state index in [1.165, 1.54) is 11.9 Å². The molecule has 0 amide bonds. The summed E-state index contributed by atoms with van der Waals surface area (Å²) in [6, 6.07) is 4.16. The SMILES string of the molecule is N#CCC(C1=CCCC1)c1ncc(-c2ncnc3[nH]ccc23)o1. The number of rotatable bonds is 4. The Labute approximate surface area is 132 Å². The molecule has 4 rings (SSSR count). The van der Waals surface area contributed by atoms with E-state index in [2.05, 4.69) is 32.1 Å². The summed E-state index contributed by atoms with van der Waals surface area (Å²) in [6.07, 6.45) is 10.8. The Morgan fingerprint density at radius 1 is 1.35 bits per heavy atom. The second kappa shape index (κ2) is 5.69. The van der Waals surface area contributed by atoms with Gasteiger partial charge in [0.05, 0.1) is 24.6 Å². The molecule has 0 fully saturated rings. The fraction of sp³-hybridized carbons (Fsp3) is 0.294. The van der Waals surface area contributed by atoms with Gasteiger partial charge >= 0.3 is 0 Å². The highest BCUT2D eigenvalue weighted by Crippen LogP contribution is 2.36. The third-order valence-corrected chi connectivity index (χ3v) is 4.23. The number of fused-ring (bicyclic) bond motifs is 1. The molecule has 1 N–H and O–H groups in total.